The summed E-state index contributed by atoms with van der Waals surface area (Å²) in [5.74, 6) is 2.88. The number of fused-ring (bicyclic) bond motifs is 1. The van der Waals surface area contributed by atoms with Crippen molar-refractivity contribution in [3.8, 4) is 11.4 Å². The molecule has 168 valence electrons. The topological polar surface area (TPSA) is 57.8 Å². The van der Waals surface area contributed by atoms with Crippen molar-refractivity contribution in [2.75, 3.05) is 13.4 Å². The van der Waals surface area contributed by atoms with Crippen molar-refractivity contribution in [2.24, 2.45) is 0 Å². The third kappa shape index (κ3) is 4.46. The minimum absolute atomic E-state index is 0.294. The van der Waals surface area contributed by atoms with Gasteiger partial charge in [0.1, 0.15) is 11.6 Å². The first kappa shape index (κ1) is 21.5. The number of thioether (sulfide) groups is 1. The van der Waals surface area contributed by atoms with Crippen LogP contribution in [0.4, 0.5) is 0 Å². The molecule has 0 saturated carbocycles. The highest BCUT2D eigenvalue weighted by Gasteiger charge is 2.25. The SMILES string of the molecule is COc1cc(/C=C/c2nc3n(n2)CCCC3c2ccc(SC)cc2)ccc1-n1cnc(C)c1. The Bertz CT molecular complexity index is 1290. The number of benzene rings is 2. The van der Waals surface area contributed by atoms with E-state index in [0.29, 0.717) is 5.92 Å². The number of methoxy groups -OCH3 is 1. The van der Waals surface area contributed by atoms with Gasteiger partial charge in [-0.3, -0.25) is 0 Å². The number of aryl methyl sites for hydroxylation is 2. The summed E-state index contributed by atoms with van der Waals surface area (Å²) in [6, 6.07) is 15.0. The van der Waals surface area contributed by atoms with E-state index in [9.17, 15) is 0 Å². The molecule has 0 spiro atoms. The summed E-state index contributed by atoms with van der Waals surface area (Å²) in [5, 5.41) is 4.76. The lowest BCUT2D eigenvalue weighted by molar-refractivity contribution is 0.413. The Balaban J connectivity index is 1.39. The normalized spacial score (nSPS) is 15.7. The number of rotatable bonds is 6. The lowest BCUT2D eigenvalue weighted by atomic mass is 9.91. The second kappa shape index (κ2) is 9.27. The molecule has 0 amide bonds. The molecular weight excluding hydrogens is 430 g/mol. The smallest absolute Gasteiger partial charge is 0.174 e. The van der Waals surface area contributed by atoms with Crippen molar-refractivity contribution in [3.63, 3.8) is 0 Å². The van der Waals surface area contributed by atoms with Gasteiger partial charge in [0.25, 0.3) is 0 Å². The monoisotopic (exact) mass is 457 g/mol. The van der Waals surface area contributed by atoms with Crippen molar-refractivity contribution < 1.29 is 4.74 Å². The standard InChI is InChI=1S/C26H27N5OS/c1-18-16-30(17-27-18)23-12-6-19(15-24(23)32-2)7-13-25-28-26-22(5-4-14-31(26)29-25)20-8-10-21(33-3)11-9-20/h6-13,15-17,22H,4-5,14H2,1-3H3/b13-7+. The molecule has 1 unspecified atom stereocenters. The summed E-state index contributed by atoms with van der Waals surface area (Å²) in [4.78, 5) is 10.5. The molecule has 7 heteroatoms. The van der Waals surface area contributed by atoms with Crippen LogP contribution in [0.5, 0.6) is 5.75 Å². The van der Waals surface area contributed by atoms with Gasteiger partial charge in [-0.25, -0.2) is 14.6 Å². The number of nitrogens with zero attached hydrogens (tertiary/aromatic N) is 5. The molecule has 1 atom stereocenters. The van der Waals surface area contributed by atoms with Crippen LogP contribution in [0.3, 0.4) is 0 Å². The average molecular weight is 458 g/mol. The van der Waals surface area contributed by atoms with Crippen LogP contribution in [0.2, 0.25) is 0 Å². The lowest BCUT2D eigenvalue weighted by Gasteiger charge is -2.22. The van der Waals surface area contributed by atoms with E-state index >= 15 is 0 Å². The zero-order valence-corrected chi connectivity index (χ0v) is 19.9. The highest BCUT2D eigenvalue weighted by molar-refractivity contribution is 7.98. The van der Waals surface area contributed by atoms with Gasteiger partial charge in [-0.15, -0.1) is 11.8 Å². The Kier molecular flexibility index (Phi) is 6.05. The van der Waals surface area contributed by atoms with Crippen molar-refractivity contribution in [1.29, 1.82) is 0 Å². The maximum atomic E-state index is 5.63. The fraction of sp³-hybridized carbons (Fsp3) is 0.269. The van der Waals surface area contributed by atoms with Gasteiger partial charge in [0.2, 0.25) is 0 Å². The first-order chi connectivity index (χ1) is 16.1. The van der Waals surface area contributed by atoms with Gasteiger partial charge in [-0.2, -0.15) is 5.10 Å². The minimum atomic E-state index is 0.294. The quantitative estimate of drug-likeness (QED) is 0.353. The third-order valence-electron chi connectivity index (χ3n) is 6.03. The highest BCUT2D eigenvalue weighted by atomic mass is 32.2. The average Bonchev–Trinajstić information content (AvgIpc) is 3.48. The molecule has 0 bridgehead atoms. The molecule has 0 fully saturated rings. The molecule has 0 N–H and O–H groups in total. The Morgan fingerprint density at radius 1 is 1.12 bits per heavy atom. The molecule has 3 heterocycles. The predicted molar refractivity (Wildman–Crippen MR) is 133 cm³/mol. The number of hydrogen-bond acceptors (Lipinski definition) is 5. The summed E-state index contributed by atoms with van der Waals surface area (Å²) in [6.07, 6.45) is 12.1. The van der Waals surface area contributed by atoms with Gasteiger partial charge in [0.05, 0.1) is 24.8 Å². The maximum Gasteiger partial charge on any atom is 0.174 e. The van der Waals surface area contributed by atoms with E-state index in [1.165, 1.54) is 10.5 Å². The molecule has 1 aliphatic rings. The molecule has 33 heavy (non-hydrogen) atoms. The van der Waals surface area contributed by atoms with E-state index in [4.69, 9.17) is 14.8 Å². The summed E-state index contributed by atoms with van der Waals surface area (Å²) in [5.41, 5.74) is 4.27. The second-order valence-electron chi connectivity index (χ2n) is 8.21. The van der Waals surface area contributed by atoms with E-state index in [2.05, 4.69) is 46.3 Å². The van der Waals surface area contributed by atoms with E-state index in [1.54, 1.807) is 25.2 Å². The van der Waals surface area contributed by atoms with Crippen molar-refractivity contribution in [1.82, 2.24) is 24.3 Å². The van der Waals surface area contributed by atoms with Gasteiger partial charge < -0.3 is 9.30 Å². The van der Waals surface area contributed by atoms with Crippen LogP contribution in [-0.2, 0) is 6.54 Å². The predicted octanol–water partition coefficient (Wildman–Crippen LogP) is 5.60. The summed E-state index contributed by atoms with van der Waals surface area (Å²) in [7, 11) is 1.69. The van der Waals surface area contributed by atoms with E-state index in [1.807, 2.05) is 42.0 Å². The molecule has 4 aromatic rings. The molecule has 2 aromatic heterocycles. The zero-order chi connectivity index (χ0) is 22.8. The molecule has 1 aliphatic heterocycles. The Labute approximate surface area is 198 Å². The number of aromatic nitrogens is 5. The third-order valence-corrected chi connectivity index (χ3v) is 6.77. The molecule has 0 aliphatic carbocycles. The van der Waals surface area contributed by atoms with Crippen molar-refractivity contribution in [3.05, 3.63) is 83.5 Å². The van der Waals surface area contributed by atoms with E-state index in [-0.39, 0.29) is 0 Å². The van der Waals surface area contributed by atoms with Crippen LogP contribution in [-0.4, -0.2) is 37.7 Å². The maximum absolute atomic E-state index is 5.63. The molecule has 0 radical (unpaired) electrons. The molecule has 0 saturated heterocycles. The van der Waals surface area contributed by atoms with Crippen LogP contribution in [0.15, 0.2) is 59.9 Å². The molecule has 5 rings (SSSR count). The van der Waals surface area contributed by atoms with Gasteiger partial charge in [0.15, 0.2) is 5.82 Å². The van der Waals surface area contributed by atoms with Gasteiger partial charge in [-0.1, -0.05) is 24.3 Å². The highest BCUT2D eigenvalue weighted by Crippen LogP contribution is 2.33. The Morgan fingerprint density at radius 2 is 1.97 bits per heavy atom. The molecular formula is C26H27N5OS. The number of hydrogen-bond donors (Lipinski definition) is 0. The zero-order valence-electron chi connectivity index (χ0n) is 19.1. The first-order valence-electron chi connectivity index (χ1n) is 11.1. The fourth-order valence-corrected chi connectivity index (χ4v) is 4.73. The number of ether oxygens (including phenoxy) is 1. The van der Waals surface area contributed by atoms with Crippen molar-refractivity contribution in [2.45, 2.75) is 37.1 Å². The van der Waals surface area contributed by atoms with Gasteiger partial charge in [0, 0.05) is 23.6 Å². The van der Waals surface area contributed by atoms with Crippen LogP contribution in [0, 0.1) is 6.92 Å². The first-order valence-corrected chi connectivity index (χ1v) is 12.3. The Morgan fingerprint density at radius 3 is 2.70 bits per heavy atom. The fourth-order valence-electron chi connectivity index (χ4n) is 4.33. The second-order valence-corrected chi connectivity index (χ2v) is 9.09. The van der Waals surface area contributed by atoms with Crippen LogP contribution < -0.4 is 4.74 Å². The van der Waals surface area contributed by atoms with Gasteiger partial charge >= 0.3 is 0 Å². The van der Waals surface area contributed by atoms with Crippen LogP contribution in [0.25, 0.3) is 17.8 Å². The number of imidazole rings is 1. The molecule has 6 nitrogen and oxygen atoms in total. The summed E-state index contributed by atoms with van der Waals surface area (Å²) in [6.45, 7) is 2.89. The van der Waals surface area contributed by atoms with Crippen molar-refractivity contribution >= 4 is 23.9 Å². The minimum Gasteiger partial charge on any atom is -0.495 e. The largest absolute Gasteiger partial charge is 0.495 e. The van der Waals surface area contributed by atoms with E-state index in [0.717, 1.165) is 53.7 Å². The molecule has 2 aromatic carbocycles. The van der Waals surface area contributed by atoms with E-state index < -0.39 is 0 Å². The summed E-state index contributed by atoms with van der Waals surface area (Å²) < 4.78 is 9.67. The lowest BCUT2D eigenvalue weighted by Crippen LogP contribution is -2.17. The summed E-state index contributed by atoms with van der Waals surface area (Å²) >= 11 is 1.77. The van der Waals surface area contributed by atoms with Crippen LogP contribution in [0.1, 0.15) is 47.2 Å². The van der Waals surface area contributed by atoms with Crippen LogP contribution >= 0.6 is 11.8 Å². The van der Waals surface area contributed by atoms with Gasteiger partial charge in [-0.05, 0) is 67.5 Å². The Hall–Kier alpha value is -3.32.